The van der Waals surface area contributed by atoms with E-state index in [1.807, 2.05) is 12.1 Å². The summed E-state index contributed by atoms with van der Waals surface area (Å²) >= 11 is 11.0. The molecule has 0 amide bonds. The maximum absolute atomic E-state index is 6.03. The van der Waals surface area contributed by atoms with Crippen LogP contribution in [0.25, 0.3) is 0 Å². The molecular formula is C14H15BrClNOS. The van der Waals surface area contributed by atoms with Crippen molar-refractivity contribution >= 4 is 38.9 Å². The second-order valence-electron chi connectivity index (χ2n) is 4.21. The van der Waals surface area contributed by atoms with Crippen molar-refractivity contribution in [1.29, 1.82) is 0 Å². The molecule has 19 heavy (non-hydrogen) atoms. The second-order valence-corrected chi connectivity index (χ2v) is 6.81. The smallest absolute Gasteiger partial charge is 0.119 e. The Bertz CT molecular complexity index is 539. The first kappa shape index (κ1) is 14.9. The highest BCUT2D eigenvalue weighted by atomic mass is 79.9. The van der Waals surface area contributed by atoms with Gasteiger partial charge in [-0.1, -0.05) is 23.7 Å². The van der Waals surface area contributed by atoms with Crippen LogP contribution < -0.4 is 10.1 Å². The average Bonchev–Trinajstić information content (AvgIpc) is 2.75. The summed E-state index contributed by atoms with van der Waals surface area (Å²) in [4.78, 5) is 1.21. The van der Waals surface area contributed by atoms with Gasteiger partial charge in [-0.3, -0.25) is 0 Å². The van der Waals surface area contributed by atoms with Crippen molar-refractivity contribution < 1.29 is 4.74 Å². The normalized spacial score (nSPS) is 12.4. The van der Waals surface area contributed by atoms with Crippen LogP contribution in [0.3, 0.4) is 0 Å². The van der Waals surface area contributed by atoms with Gasteiger partial charge in [0, 0.05) is 21.9 Å². The molecule has 2 rings (SSSR count). The summed E-state index contributed by atoms with van der Waals surface area (Å²) in [5.41, 5.74) is 1.21. The van der Waals surface area contributed by atoms with Gasteiger partial charge in [0.05, 0.1) is 7.11 Å². The van der Waals surface area contributed by atoms with Crippen molar-refractivity contribution in [3.63, 3.8) is 0 Å². The van der Waals surface area contributed by atoms with E-state index in [0.29, 0.717) is 0 Å². The van der Waals surface area contributed by atoms with E-state index >= 15 is 0 Å². The molecule has 0 radical (unpaired) electrons. The lowest BCUT2D eigenvalue weighted by Crippen LogP contribution is -2.17. The van der Waals surface area contributed by atoms with Gasteiger partial charge in [0.2, 0.25) is 0 Å². The number of hydrogen-bond donors (Lipinski definition) is 1. The zero-order chi connectivity index (χ0) is 13.8. The fraction of sp³-hybridized carbons (Fsp3) is 0.286. The van der Waals surface area contributed by atoms with Crippen LogP contribution in [0.4, 0.5) is 0 Å². The van der Waals surface area contributed by atoms with Crippen LogP contribution in [-0.2, 0) is 6.54 Å². The number of methoxy groups -OCH3 is 1. The largest absolute Gasteiger partial charge is 0.497 e. The van der Waals surface area contributed by atoms with Crippen LogP contribution >= 0.6 is 38.9 Å². The number of thiophene rings is 1. The minimum atomic E-state index is 0.259. The number of ether oxygens (including phenoxy) is 1. The Labute approximate surface area is 130 Å². The quantitative estimate of drug-likeness (QED) is 0.808. The fourth-order valence-corrected chi connectivity index (χ4v) is 3.50. The van der Waals surface area contributed by atoms with Gasteiger partial charge in [-0.15, -0.1) is 11.3 Å². The first-order valence-electron chi connectivity index (χ1n) is 5.91. The summed E-state index contributed by atoms with van der Waals surface area (Å²) in [7, 11) is 1.68. The lowest BCUT2D eigenvalue weighted by molar-refractivity contribution is 0.413. The number of halogens is 2. The van der Waals surface area contributed by atoms with E-state index in [2.05, 4.69) is 46.4 Å². The molecule has 0 fully saturated rings. The predicted molar refractivity (Wildman–Crippen MR) is 85.3 cm³/mol. The van der Waals surface area contributed by atoms with E-state index < -0.39 is 0 Å². The predicted octanol–water partition coefficient (Wildman–Crippen LogP) is 5.02. The lowest BCUT2D eigenvalue weighted by Gasteiger charge is -2.14. The minimum absolute atomic E-state index is 0.259. The number of hydrogen-bond acceptors (Lipinski definition) is 3. The molecule has 1 aromatic heterocycles. The topological polar surface area (TPSA) is 21.3 Å². The SMILES string of the molecule is COc1cccc([C@@H](C)NCc2cc(Br)c(Cl)s2)c1. The molecule has 1 heterocycles. The summed E-state index contributed by atoms with van der Waals surface area (Å²) in [6, 6.07) is 10.4. The highest BCUT2D eigenvalue weighted by Crippen LogP contribution is 2.32. The highest BCUT2D eigenvalue weighted by molar-refractivity contribution is 9.10. The third-order valence-electron chi connectivity index (χ3n) is 2.87. The molecule has 0 spiro atoms. The van der Waals surface area contributed by atoms with Crippen molar-refractivity contribution in [2.75, 3.05) is 7.11 Å². The zero-order valence-corrected chi connectivity index (χ0v) is 13.9. The van der Waals surface area contributed by atoms with Gasteiger partial charge in [-0.25, -0.2) is 0 Å². The molecule has 2 aromatic rings. The molecule has 1 aromatic carbocycles. The van der Waals surface area contributed by atoms with Gasteiger partial charge in [-0.2, -0.15) is 0 Å². The van der Waals surface area contributed by atoms with Crippen molar-refractivity contribution in [2.45, 2.75) is 19.5 Å². The van der Waals surface area contributed by atoms with E-state index in [4.69, 9.17) is 16.3 Å². The molecule has 1 atom stereocenters. The summed E-state index contributed by atoms with van der Waals surface area (Å²) in [6.07, 6.45) is 0. The molecular weight excluding hydrogens is 346 g/mol. The van der Waals surface area contributed by atoms with Gasteiger partial charge < -0.3 is 10.1 Å². The van der Waals surface area contributed by atoms with Crippen LogP contribution in [0, 0.1) is 0 Å². The molecule has 0 unspecified atom stereocenters. The van der Waals surface area contributed by atoms with E-state index in [9.17, 15) is 0 Å². The van der Waals surface area contributed by atoms with Crippen LogP contribution in [-0.4, -0.2) is 7.11 Å². The van der Waals surface area contributed by atoms with Crippen LogP contribution in [0.2, 0.25) is 4.34 Å². The Morgan fingerprint density at radius 2 is 2.21 bits per heavy atom. The van der Waals surface area contributed by atoms with Gasteiger partial charge in [0.1, 0.15) is 10.1 Å². The average molecular weight is 361 g/mol. The molecule has 2 nitrogen and oxygen atoms in total. The Morgan fingerprint density at radius 1 is 1.42 bits per heavy atom. The molecule has 0 saturated carbocycles. The van der Waals surface area contributed by atoms with Gasteiger partial charge in [0.25, 0.3) is 0 Å². The van der Waals surface area contributed by atoms with Crippen LogP contribution in [0.15, 0.2) is 34.8 Å². The Hall–Kier alpha value is -0.550. The first-order valence-corrected chi connectivity index (χ1v) is 7.90. The Balaban J connectivity index is 1.98. The molecule has 102 valence electrons. The number of nitrogens with one attached hydrogen (secondary N) is 1. The molecule has 1 N–H and O–H groups in total. The van der Waals surface area contributed by atoms with Crippen LogP contribution in [0.5, 0.6) is 5.75 Å². The molecule has 0 aliphatic carbocycles. The van der Waals surface area contributed by atoms with E-state index in [-0.39, 0.29) is 6.04 Å². The summed E-state index contributed by atoms with van der Waals surface area (Å²) < 4.78 is 7.00. The third-order valence-corrected chi connectivity index (χ3v) is 5.35. The van der Waals surface area contributed by atoms with Crippen LogP contribution in [0.1, 0.15) is 23.4 Å². The maximum Gasteiger partial charge on any atom is 0.119 e. The first-order chi connectivity index (χ1) is 9.10. The van der Waals surface area contributed by atoms with Crippen molar-refractivity contribution in [3.8, 4) is 5.75 Å². The standard InChI is InChI=1S/C14H15BrClNOS/c1-9(10-4-3-5-11(6-10)18-2)17-8-12-7-13(15)14(16)19-12/h3-7,9,17H,8H2,1-2H3/t9-/m1/s1. The summed E-state index contributed by atoms with van der Waals surface area (Å²) in [6.45, 7) is 2.94. The molecule has 5 heteroatoms. The second kappa shape index (κ2) is 6.75. The number of benzene rings is 1. The van der Waals surface area contributed by atoms with Crippen molar-refractivity contribution in [1.82, 2.24) is 5.32 Å². The van der Waals surface area contributed by atoms with Crippen molar-refractivity contribution in [3.05, 3.63) is 49.6 Å². The summed E-state index contributed by atoms with van der Waals surface area (Å²) in [5.74, 6) is 0.882. The number of rotatable bonds is 5. The molecule has 0 aliphatic rings. The Morgan fingerprint density at radius 3 is 2.84 bits per heavy atom. The van der Waals surface area contributed by atoms with Crippen molar-refractivity contribution in [2.24, 2.45) is 0 Å². The minimum Gasteiger partial charge on any atom is -0.497 e. The zero-order valence-electron chi connectivity index (χ0n) is 10.7. The molecule has 0 saturated heterocycles. The van der Waals surface area contributed by atoms with Gasteiger partial charge >= 0.3 is 0 Å². The van der Waals surface area contributed by atoms with E-state index in [1.165, 1.54) is 10.4 Å². The third kappa shape index (κ3) is 3.96. The fourth-order valence-electron chi connectivity index (χ4n) is 1.76. The lowest BCUT2D eigenvalue weighted by atomic mass is 10.1. The van der Waals surface area contributed by atoms with E-state index in [0.717, 1.165) is 21.1 Å². The molecule has 0 bridgehead atoms. The Kier molecular flexibility index (Phi) is 5.28. The summed E-state index contributed by atoms with van der Waals surface area (Å²) in [5, 5.41) is 3.48. The monoisotopic (exact) mass is 359 g/mol. The molecule has 0 aliphatic heterocycles. The van der Waals surface area contributed by atoms with E-state index in [1.54, 1.807) is 18.4 Å². The highest BCUT2D eigenvalue weighted by Gasteiger charge is 2.08. The van der Waals surface area contributed by atoms with Gasteiger partial charge in [-0.05, 0) is 46.6 Å². The maximum atomic E-state index is 6.03. The van der Waals surface area contributed by atoms with Gasteiger partial charge in [0.15, 0.2) is 0 Å².